The van der Waals surface area contributed by atoms with Crippen molar-refractivity contribution in [3.05, 3.63) is 116 Å². The van der Waals surface area contributed by atoms with E-state index < -0.39 is 30.5 Å². The summed E-state index contributed by atoms with van der Waals surface area (Å²) in [4.78, 5) is 12.9. The molecular weight excluding hydrogens is 1130 g/mol. The first-order chi connectivity index (χ1) is 37.3. The second-order valence-electron chi connectivity index (χ2n) is 19.7. The molecule has 0 bridgehead atoms. The molecule has 15 atom stereocenters. The van der Waals surface area contributed by atoms with E-state index in [-0.39, 0.29) is 102 Å². The molecule has 466 valence electrons. The van der Waals surface area contributed by atoms with Gasteiger partial charge in [-0.1, -0.05) is 127 Å². The van der Waals surface area contributed by atoms with Crippen LogP contribution in [0.4, 0.5) is 0 Å². The van der Waals surface area contributed by atoms with E-state index in [1.165, 1.54) is 37.7 Å². The Morgan fingerprint density at radius 2 is 1.19 bits per heavy atom. The van der Waals surface area contributed by atoms with Gasteiger partial charge < -0.3 is 97.4 Å². The van der Waals surface area contributed by atoms with Crippen LogP contribution in [-0.4, -0.2) is 207 Å². The van der Waals surface area contributed by atoms with Crippen molar-refractivity contribution in [2.45, 2.75) is 142 Å². The van der Waals surface area contributed by atoms with E-state index in [1.54, 1.807) is 25.3 Å². The van der Waals surface area contributed by atoms with Gasteiger partial charge in [0.2, 0.25) is 0 Å². The number of esters is 1. The Labute approximate surface area is 493 Å². The molecule has 2 aromatic rings. The Kier molecular flexibility index (Phi) is 47.7. The van der Waals surface area contributed by atoms with Gasteiger partial charge in [0.25, 0.3) is 0 Å². The number of epoxide rings is 1. The molecule has 7 heterocycles. The van der Waals surface area contributed by atoms with E-state index in [1.807, 2.05) is 68.5 Å². The summed E-state index contributed by atoms with van der Waals surface area (Å²) in [5.41, 5.74) is 13.4. The molecule has 0 unspecified atom stereocenters. The number of rotatable bonds is 8. The second-order valence-corrected chi connectivity index (χ2v) is 19.7. The predicted molar refractivity (Wildman–Crippen MR) is 309 cm³/mol. The van der Waals surface area contributed by atoms with Crippen molar-refractivity contribution in [3.63, 3.8) is 0 Å². The second kappa shape index (κ2) is 48.3. The molecule has 4 saturated heterocycles. The van der Waals surface area contributed by atoms with Crippen molar-refractivity contribution in [1.29, 1.82) is 0 Å². The number of hydrogen-bond acceptors (Lipinski definition) is 19. The largest absolute Gasteiger partial charge is 0.501 e. The number of nitrogens with zero attached hydrogens (tertiary/aromatic N) is 1. The first-order valence-electron chi connectivity index (χ1n) is 27.7. The Bertz CT molecular complexity index is 1800. The molecule has 0 spiro atoms. The molecule has 80 heavy (non-hydrogen) atoms. The molecule has 20 heteroatoms. The van der Waals surface area contributed by atoms with Crippen LogP contribution in [0.1, 0.15) is 91.8 Å². The van der Waals surface area contributed by atoms with Gasteiger partial charge in [0, 0.05) is 51.8 Å². The maximum absolute atomic E-state index is 10.6. The first-order valence-corrected chi connectivity index (χ1v) is 27.7. The molecule has 9 rings (SSSR count). The number of benzene rings is 2. The fourth-order valence-electron chi connectivity index (χ4n) is 7.86. The van der Waals surface area contributed by atoms with Crippen molar-refractivity contribution in [2.24, 2.45) is 29.2 Å². The third kappa shape index (κ3) is 36.5. The molecule has 7 aliphatic heterocycles. The molecule has 0 aliphatic carbocycles. The maximum Gasteiger partial charge on any atom is 0.303 e. The van der Waals surface area contributed by atoms with Gasteiger partial charge in [-0.05, 0) is 68.9 Å². The summed E-state index contributed by atoms with van der Waals surface area (Å²) >= 11 is 0. The summed E-state index contributed by atoms with van der Waals surface area (Å²) in [5.74, 6) is 1.03. The van der Waals surface area contributed by atoms with Crippen molar-refractivity contribution in [2.75, 3.05) is 98.9 Å². The third-order valence-corrected chi connectivity index (χ3v) is 12.7. The van der Waals surface area contributed by atoms with Crippen LogP contribution in [0.3, 0.4) is 0 Å². The number of hydrogen-bond donors (Lipinski definition) is 9. The van der Waals surface area contributed by atoms with Gasteiger partial charge in [-0.25, -0.2) is 0 Å². The minimum atomic E-state index is -0.821. The summed E-state index contributed by atoms with van der Waals surface area (Å²) in [6.07, 6.45) is 8.41. The molecule has 11 N–H and O–H groups in total. The Morgan fingerprint density at radius 3 is 1.56 bits per heavy atom. The molecule has 0 aromatic heterocycles. The van der Waals surface area contributed by atoms with E-state index in [9.17, 15) is 15.0 Å². The zero-order valence-corrected chi connectivity index (χ0v) is 51.0. The number of fused-ring (bicyclic) bond motifs is 1. The van der Waals surface area contributed by atoms with Crippen LogP contribution in [0.15, 0.2) is 97.3 Å². The average molecular weight is 1230 g/mol. The Hall–Kier alpha value is -3.05. The van der Waals surface area contributed by atoms with Crippen LogP contribution >= 0.6 is 0 Å². The molecular formula is C60H104N3O16Pd-. The molecule has 4 fully saturated rings. The van der Waals surface area contributed by atoms with Gasteiger partial charge in [0.05, 0.1) is 103 Å². The van der Waals surface area contributed by atoms with Crippen molar-refractivity contribution in [3.8, 4) is 0 Å². The fraction of sp³-hybridized carbons (Fsp3) is 0.667. The normalized spacial score (nSPS) is 29.0. The van der Waals surface area contributed by atoms with Crippen molar-refractivity contribution < 1.29 is 98.9 Å². The predicted octanol–water partition coefficient (Wildman–Crippen LogP) is 4.50. The zero-order chi connectivity index (χ0) is 58.3. The van der Waals surface area contributed by atoms with E-state index in [2.05, 4.69) is 63.8 Å². The van der Waals surface area contributed by atoms with Crippen LogP contribution in [0.25, 0.3) is 0 Å². The van der Waals surface area contributed by atoms with E-state index in [0.29, 0.717) is 58.1 Å². The number of aliphatic hydroxyl groups is 7. The molecule has 0 amide bonds. The minimum absolute atomic E-state index is 0. The van der Waals surface area contributed by atoms with Crippen LogP contribution in [0.2, 0.25) is 0 Å². The van der Waals surface area contributed by atoms with Crippen LogP contribution < -0.4 is 11.5 Å². The van der Waals surface area contributed by atoms with Gasteiger partial charge in [-0.3, -0.25) is 4.79 Å². The van der Waals surface area contributed by atoms with Crippen molar-refractivity contribution >= 4 is 5.97 Å². The summed E-state index contributed by atoms with van der Waals surface area (Å²) < 4.78 is 40.1. The molecule has 19 nitrogen and oxygen atoms in total. The van der Waals surface area contributed by atoms with Crippen LogP contribution in [-0.2, 0) is 63.1 Å². The number of aliphatic hydroxyl groups excluding tert-OH is 7. The quantitative estimate of drug-likeness (QED) is 0.0578. The third-order valence-electron chi connectivity index (χ3n) is 12.7. The topological polar surface area (TPSA) is 291 Å². The molecule has 0 saturated carbocycles. The van der Waals surface area contributed by atoms with E-state index in [0.717, 1.165) is 19.6 Å². The van der Waals surface area contributed by atoms with Crippen molar-refractivity contribution in [1.82, 2.24) is 4.90 Å². The van der Waals surface area contributed by atoms with Gasteiger partial charge in [0.15, 0.2) is 0 Å². The smallest absolute Gasteiger partial charge is 0.303 e. The summed E-state index contributed by atoms with van der Waals surface area (Å²) in [6, 6.07) is 20.0. The molecule has 2 aromatic carbocycles. The van der Waals surface area contributed by atoms with Crippen LogP contribution in [0, 0.1) is 25.2 Å². The minimum Gasteiger partial charge on any atom is -0.501 e. The monoisotopic (exact) mass is 1230 g/mol. The maximum atomic E-state index is 10.6. The summed E-state index contributed by atoms with van der Waals surface area (Å²) in [6.45, 7) is 27.6. The standard InChI is InChI=1S/C14H20O3.C8H11N.C8H12O3.C6H15N.C6H10O.C5H11NO3.C5H8O3.C5H8O2.C2H6O.CH3.Pd/c1-10(11-5-3-2-4-6-11)7-12-8-17-9-13(15)14(12)16;1-7(9)8-5-3-2-4-6-8;1-6-5-10-4-3-8(6)11-7(2)9;1-4-7(5-2)6-3;1-6-3-2-4-7-5-6;6-3-1-9-2-4(7)5(3)8;6-3-1-7-2-4-5(3)8-4;6-5-2-1-3-7-4-5;1-2-3;;/h2-6,10,12-16H,7-9H2,1H3;2-7H,9H2,1H3;3-4,6,8H,5H2,1-2H3;4-6H2,1-3H3;2-3,6H,4-5H2,1H3;3-5,7-8H,1-2,6H2;3-6H,1-2H2;1-2,5-6H,3-4H2;3H,2H2,1H3;1H3;/q;;;;;;;;;-1;/t10-,12+,13+,14-;7-;6-,8+;;6-;3-,4-,5+;3-,4+,5-;5-;;;/m011.0110.../s1. The SMILES string of the molecule is CC(=O)O[C@H]1C=COC[C@H]1C.CCN(CC)CC.CCO.C[C@@H](C[C@@H]1COC[C@@H](O)[C@H]1O)c1ccccc1.C[C@@H](N)c1ccccc1.C[C@H]1C=CCOC1.N[C@@H]1COC[C@@H](O)[C@H]1O.O[C@@H]1COC[C@@H]2O[C@H]12.O[C@H]1C=CCOC1.[CH3-].[Pd]. The number of carbonyl (C=O) groups excluding carboxylic acids is 1. The molecule has 7 aliphatic rings. The van der Waals surface area contributed by atoms with Gasteiger partial charge >= 0.3 is 5.97 Å². The average Bonchev–Trinajstić information content (AvgIpc) is 4.25. The van der Waals surface area contributed by atoms with Gasteiger partial charge in [-0.15, -0.1) is 0 Å². The van der Waals surface area contributed by atoms with Crippen LogP contribution in [0.5, 0.6) is 0 Å². The Morgan fingerprint density at radius 1 is 0.675 bits per heavy atom. The number of carbonyl (C=O) groups is 1. The Balaban J connectivity index is 0. The fourth-order valence-corrected chi connectivity index (χ4v) is 7.86. The molecule has 0 radical (unpaired) electrons. The van der Waals surface area contributed by atoms with Gasteiger partial charge in [0.1, 0.15) is 36.6 Å². The first kappa shape index (κ1) is 79.0. The van der Waals surface area contributed by atoms with E-state index in [4.69, 9.17) is 74.9 Å². The zero-order valence-electron chi connectivity index (χ0n) is 49.4. The van der Waals surface area contributed by atoms with E-state index >= 15 is 0 Å². The summed E-state index contributed by atoms with van der Waals surface area (Å²) in [7, 11) is 0. The summed E-state index contributed by atoms with van der Waals surface area (Å²) in [5, 5.41) is 62.6. The number of ether oxygens (including phenoxy) is 8. The number of nitrogens with two attached hydrogens (primary N) is 2. The van der Waals surface area contributed by atoms with Gasteiger partial charge in [-0.2, -0.15) is 0 Å².